The van der Waals surface area contributed by atoms with E-state index in [0.29, 0.717) is 64.2 Å². The van der Waals surface area contributed by atoms with Gasteiger partial charge in [-0.25, -0.2) is 19.3 Å². The predicted octanol–water partition coefficient (Wildman–Crippen LogP) is 7.32. The Hall–Kier alpha value is -4.95. The number of nitrogens with zero attached hydrogens (tertiary/aromatic N) is 4. The zero-order chi connectivity index (χ0) is 34.2. The Kier molecular flexibility index (Phi) is 11.1. The van der Waals surface area contributed by atoms with Crippen molar-refractivity contribution in [2.24, 2.45) is 0 Å². The predicted molar refractivity (Wildman–Crippen MR) is 189 cm³/mol. The maximum Gasteiger partial charge on any atom is 0.221 e. The first-order valence-electron chi connectivity index (χ1n) is 15.0. The molecule has 0 atom stereocenters. The van der Waals surface area contributed by atoms with E-state index in [2.05, 4.69) is 20.3 Å². The molecule has 3 heterocycles. The molecule has 0 saturated heterocycles. The number of thiazole rings is 1. The highest BCUT2D eigenvalue weighted by Gasteiger charge is 2.16. The molecule has 14 heteroatoms. The Morgan fingerprint density at radius 3 is 2.67 bits per heavy atom. The fourth-order valence-electron chi connectivity index (χ4n) is 4.95. The first-order chi connectivity index (χ1) is 23.9. The number of methoxy groups -OCH3 is 1. The van der Waals surface area contributed by atoms with Crippen molar-refractivity contribution in [2.75, 3.05) is 25.6 Å². The van der Waals surface area contributed by atoms with Gasteiger partial charge in [-0.3, -0.25) is 4.98 Å². The highest BCUT2D eigenvalue weighted by Crippen LogP contribution is 2.37. The molecule has 0 aliphatic rings. The average Bonchev–Trinajstić information content (AvgIpc) is 3.58. The number of halogens is 2. The van der Waals surface area contributed by atoms with E-state index in [1.807, 2.05) is 23.6 Å². The highest BCUT2D eigenvalue weighted by molar-refractivity contribution is 7.73. The molecule has 0 fully saturated rings. The van der Waals surface area contributed by atoms with Gasteiger partial charge >= 0.3 is 0 Å². The van der Waals surface area contributed by atoms with E-state index in [1.165, 1.54) is 29.8 Å². The molecule has 0 unspecified atom stereocenters. The molecule has 10 nitrogen and oxygen atoms in total. The van der Waals surface area contributed by atoms with E-state index in [9.17, 15) is 12.8 Å². The van der Waals surface area contributed by atoms with Crippen LogP contribution in [0.15, 0.2) is 90.7 Å². The van der Waals surface area contributed by atoms with E-state index in [-0.39, 0.29) is 23.9 Å². The smallest absolute Gasteiger partial charge is 0.221 e. The van der Waals surface area contributed by atoms with E-state index < -0.39 is 10.3 Å². The third-order valence-corrected chi connectivity index (χ3v) is 9.26. The van der Waals surface area contributed by atoms with E-state index in [1.54, 1.807) is 55.8 Å². The first-order valence-corrected chi connectivity index (χ1v) is 17.4. The van der Waals surface area contributed by atoms with Gasteiger partial charge in [0.05, 0.1) is 40.7 Å². The maximum absolute atomic E-state index is 13.5. The Bertz CT molecular complexity index is 2230. The van der Waals surface area contributed by atoms with Gasteiger partial charge in [0, 0.05) is 47.3 Å². The third-order valence-electron chi connectivity index (χ3n) is 7.33. The normalized spacial score (nSPS) is 11.0. The van der Waals surface area contributed by atoms with E-state index in [4.69, 9.17) is 30.8 Å². The molecule has 3 aromatic carbocycles. The van der Waals surface area contributed by atoms with Crippen LogP contribution in [0.2, 0.25) is 5.02 Å². The van der Waals surface area contributed by atoms with E-state index >= 15 is 0 Å². The van der Waals surface area contributed by atoms with Crippen molar-refractivity contribution >= 4 is 60.5 Å². The molecule has 0 radical (unpaired) electrons. The molecule has 0 bridgehead atoms. The molecule has 0 aliphatic heterocycles. The Labute approximate surface area is 292 Å². The van der Waals surface area contributed by atoms with Crippen LogP contribution in [0.3, 0.4) is 0 Å². The zero-order valence-corrected chi connectivity index (χ0v) is 28.5. The molecule has 3 aromatic heterocycles. The Morgan fingerprint density at radius 1 is 1.00 bits per heavy atom. The molecule has 0 amide bonds. The van der Waals surface area contributed by atoms with Crippen molar-refractivity contribution < 1.29 is 27.0 Å². The van der Waals surface area contributed by atoms with Crippen molar-refractivity contribution in [3.05, 3.63) is 118 Å². The van der Waals surface area contributed by atoms with Crippen LogP contribution in [0.5, 0.6) is 11.5 Å². The van der Waals surface area contributed by atoms with Crippen molar-refractivity contribution in [2.45, 2.75) is 19.4 Å². The van der Waals surface area contributed by atoms with Gasteiger partial charge in [-0.05, 0) is 60.5 Å². The summed E-state index contributed by atoms with van der Waals surface area (Å²) in [4.78, 5) is 18.0. The molecular formula is C35H29ClFN5O5S2. The minimum Gasteiger partial charge on any atom is -0.496 e. The van der Waals surface area contributed by atoms with Crippen LogP contribution < -0.4 is 14.8 Å². The maximum atomic E-state index is 13.5. The molecule has 0 spiro atoms. The summed E-state index contributed by atoms with van der Waals surface area (Å²) in [6, 6.07) is 20.4. The Morgan fingerprint density at radius 2 is 1.90 bits per heavy atom. The summed E-state index contributed by atoms with van der Waals surface area (Å²) in [5.41, 5.74) is 3.94. The minimum atomic E-state index is -2.43. The number of rotatable bonds is 14. The van der Waals surface area contributed by atoms with Crippen molar-refractivity contribution in [1.29, 1.82) is 0 Å². The lowest BCUT2D eigenvalue weighted by atomic mass is 10.1. The van der Waals surface area contributed by atoms with Gasteiger partial charge in [0.1, 0.15) is 40.9 Å². The Balaban J connectivity index is 1.13. The van der Waals surface area contributed by atoms with Crippen molar-refractivity contribution in [3.8, 4) is 22.8 Å². The monoisotopic (exact) mass is 717 g/mol. The summed E-state index contributed by atoms with van der Waals surface area (Å²) in [6.45, 7) is 0.484. The van der Waals surface area contributed by atoms with Gasteiger partial charge in [-0.2, -0.15) is 8.42 Å². The van der Waals surface area contributed by atoms with Crippen molar-refractivity contribution in [3.63, 3.8) is 0 Å². The molecule has 1 N–H and O–H groups in total. The minimum absolute atomic E-state index is 0.0519. The summed E-state index contributed by atoms with van der Waals surface area (Å²) in [7, 11) is -0.830. The molecule has 0 aliphatic carbocycles. The third kappa shape index (κ3) is 8.56. The largest absolute Gasteiger partial charge is 0.496 e. The number of hydrogen-bond donors (Lipinski definition) is 1. The summed E-state index contributed by atoms with van der Waals surface area (Å²) in [6.07, 6.45) is 4.32. The zero-order valence-electron chi connectivity index (χ0n) is 26.1. The topological polar surface area (TPSA) is 125 Å². The number of fused-ring (bicyclic) bond motifs is 1. The summed E-state index contributed by atoms with van der Waals surface area (Å²) < 4.78 is 54.0. The van der Waals surface area contributed by atoms with Crippen LogP contribution in [0, 0.1) is 5.82 Å². The van der Waals surface area contributed by atoms with E-state index in [0.717, 1.165) is 21.7 Å². The van der Waals surface area contributed by atoms with Gasteiger partial charge in [-0.1, -0.05) is 29.8 Å². The number of hydrogen-bond acceptors (Lipinski definition) is 11. The van der Waals surface area contributed by atoms with Crippen LogP contribution in [0.25, 0.3) is 22.2 Å². The lowest BCUT2D eigenvalue weighted by Gasteiger charge is -2.13. The number of ether oxygens (including phenoxy) is 3. The second-order valence-electron chi connectivity index (χ2n) is 10.6. The average molecular weight is 718 g/mol. The summed E-state index contributed by atoms with van der Waals surface area (Å²) in [5.74, 6) is 1.31. The lowest BCUT2D eigenvalue weighted by Crippen LogP contribution is -2.14. The van der Waals surface area contributed by atoms with Gasteiger partial charge in [0.2, 0.25) is 10.3 Å². The van der Waals surface area contributed by atoms with Crippen LogP contribution >= 0.6 is 22.9 Å². The second kappa shape index (κ2) is 16.0. The molecule has 0 saturated carbocycles. The van der Waals surface area contributed by atoms with Gasteiger partial charge < -0.3 is 19.5 Å². The highest BCUT2D eigenvalue weighted by atomic mass is 35.5. The molecule has 49 heavy (non-hydrogen) atoms. The molecule has 6 aromatic rings. The van der Waals surface area contributed by atoms with Crippen LogP contribution in [0.4, 0.5) is 15.9 Å². The van der Waals surface area contributed by atoms with Gasteiger partial charge in [0.15, 0.2) is 0 Å². The summed E-state index contributed by atoms with van der Waals surface area (Å²) in [5, 5.41) is 7.33. The first kappa shape index (κ1) is 33.9. The SMILES string of the molecule is COc1cc2ncnc(Nc3ccc(OCc4cccc(F)c4)c(Cl)c3)c2cc1-c1csc(CCCOCC(c2ccccn2)=S(=O)=O)n1. The van der Waals surface area contributed by atoms with Gasteiger partial charge in [-0.15, -0.1) is 11.3 Å². The number of benzene rings is 3. The van der Waals surface area contributed by atoms with Crippen molar-refractivity contribution in [1.82, 2.24) is 19.9 Å². The lowest BCUT2D eigenvalue weighted by molar-refractivity contribution is 0.170. The molecule has 6 rings (SSSR count). The second-order valence-corrected chi connectivity index (χ2v) is 12.9. The number of pyridine rings is 1. The molecule has 250 valence electrons. The molecular weight excluding hydrogens is 689 g/mol. The summed E-state index contributed by atoms with van der Waals surface area (Å²) >= 11 is 8.05. The number of aromatic nitrogens is 4. The standard InChI is InChI=1S/C35H29ClFN5O5S2/c1-45-32-17-29-26(35(40-21-39-29)41-24-10-11-31(27(36)15-24)47-18-22-6-4-7-23(37)14-22)16-25(32)30-20-48-34(42-30)9-5-13-46-19-33(49(43)44)28-8-2-3-12-38-28/h2-4,6-8,10-12,14-17,20-21H,5,9,13,18-19H2,1H3,(H,39,40,41). The van der Waals surface area contributed by atoms with Gasteiger partial charge in [0.25, 0.3) is 0 Å². The van der Waals surface area contributed by atoms with Crippen LogP contribution in [-0.4, -0.2) is 53.5 Å². The number of aryl methyl sites for hydroxylation is 1. The number of nitrogens with one attached hydrogen (secondary N) is 1. The van der Waals surface area contributed by atoms with Crippen LogP contribution in [0.1, 0.15) is 22.7 Å². The van der Waals surface area contributed by atoms with Crippen LogP contribution in [-0.2, 0) is 28.1 Å². The fraction of sp³-hybridized carbons (Fsp3) is 0.171. The number of anilines is 2. The quantitative estimate of drug-likeness (QED) is 0.0696. The fourth-order valence-corrected chi connectivity index (χ4v) is 6.49.